The van der Waals surface area contributed by atoms with Gasteiger partial charge in [-0.25, -0.2) is 0 Å². The van der Waals surface area contributed by atoms with Crippen LogP contribution in [0, 0.1) is 5.41 Å². The normalized spacial score (nSPS) is 12.5. The second-order valence-corrected chi connectivity index (χ2v) is 3.98. The van der Waals surface area contributed by atoms with Gasteiger partial charge in [0.2, 0.25) is 5.91 Å². The molecular formula is C9H18KNO5. The van der Waals surface area contributed by atoms with Crippen molar-refractivity contribution in [3.63, 3.8) is 0 Å². The van der Waals surface area contributed by atoms with E-state index in [1.807, 2.05) is 0 Å². The summed E-state index contributed by atoms with van der Waals surface area (Å²) in [5.74, 6) is -1.69. The topological polar surface area (TPSA) is 107 Å². The Bertz CT molecular complexity index is 244. The maximum atomic E-state index is 11.3. The number of aliphatic hydroxyl groups excluding tert-OH is 2. The summed E-state index contributed by atoms with van der Waals surface area (Å²) in [4.78, 5) is 21.4. The summed E-state index contributed by atoms with van der Waals surface area (Å²) in [6.07, 6.45) is -1.55. The van der Waals surface area contributed by atoms with Gasteiger partial charge in [0.05, 0.1) is 13.0 Å². The van der Waals surface area contributed by atoms with Crippen LogP contribution in [-0.4, -0.2) is 97.8 Å². The second-order valence-electron chi connectivity index (χ2n) is 3.98. The Balaban J connectivity index is 0. The number of hydrogen-bond donors (Lipinski definition) is 4. The first kappa shape index (κ1) is 18.9. The number of aliphatic carboxylic acids is 1. The van der Waals surface area contributed by atoms with Crippen molar-refractivity contribution in [2.75, 3.05) is 13.2 Å². The molecule has 6 nitrogen and oxygen atoms in total. The molecule has 0 aliphatic rings. The van der Waals surface area contributed by atoms with Crippen molar-refractivity contribution < 1.29 is 24.9 Å². The molecule has 90 valence electrons. The van der Waals surface area contributed by atoms with Gasteiger partial charge in [-0.2, -0.15) is 0 Å². The monoisotopic (exact) mass is 259 g/mol. The maximum absolute atomic E-state index is 11.3. The van der Waals surface area contributed by atoms with Gasteiger partial charge in [-0.15, -0.1) is 0 Å². The van der Waals surface area contributed by atoms with Crippen LogP contribution in [0.3, 0.4) is 0 Å². The molecule has 1 atom stereocenters. The number of aliphatic hydroxyl groups is 2. The molecule has 7 heteroatoms. The van der Waals surface area contributed by atoms with Crippen molar-refractivity contribution in [3.05, 3.63) is 0 Å². The summed E-state index contributed by atoms with van der Waals surface area (Å²) in [5.41, 5.74) is -0.937. The molecule has 0 aliphatic carbocycles. The van der Waals surface area contributed by atoms with E-state index in [9.17, 15) is 14.7 Å². The van der Waals surface area contributed by atoms with Gasteiger partial charge in [0.1, 0.15) is 6.10 Å². The van der Waals surface area contributed by atoms with Crippen molar-refractivity contribution >= 4 is 63.3 Å². The van der Waals surface area contributed by atoms with Crippen molar-refractivity contribution in [1.82, 2.24) is 5.32 Å². The van der Waals surface area contributed by atoms with Crippen LogP contribution in [-0.2, 0) is 9.59 Å². The minimum absolute atomic E-state index is 0. The van der Waals surface area contributed by atoms with Gasteiger partial charge in [0.25, 0.3) is 0 Å². The number of nitrogens with one attached hydrogen (secondary N) is 1. The molecule has 0 unspecified atom stereocenters. The zero-order chi connectivity index (χ0) is 12.1. The van der Waals surface area contributed by atoms with Gasteiger partial charge in [-0.1, -0.05) is 13.8 Å². The minimum atomic E-state index is -1.35. The van der Waals surface area contributed by atoms with Gasteiger partial charge >= 0.3 is 57.4 Å². The molecule has 16 heavy (non-hydrogen) atoms. The number of hydrogen-bond acceptors (Lipinski definition) is 4. The third kappa shape index (κ3) is 6.95. The van der Waals surface area contributed by atoms with E-state index < -0.39 is 23.4 Å². The Hall–Kier alpha value is 0.496. The summed E-state index contributed by atoms with van der Waals surface area (Å²) in [7, 11) is 0. The fourth-order valence-electron chi connectivity index (χ4n) is 0.831. The molecule has 0 aromatic heterocycles. The van der Waals surface area contributed by atoms with Gasteiger partial charge in [0, 0.05) is 12.0 Å². The van der Waals surface area contributed by atoms with E-state index in [0.29, 0.717) is 0 Å². The van der Waals surface area contributed by atoms with Gasteiger partial charge < -0.3 is 20.6 Å². The predicted molar refractivity (Wildman–Crippen MR) is 59.3 cm³/mol. The van der Waals surface area contributed by atoms with Crippen molar-refractivity contribution in [2.24, 2.45) is 5.41 Å². The molecule has 0 bridgehead atoms. The van der Waals surface area contributed by atoms with E-state index in [0.717, 1.165) is 0 Å². The van der Waals surface area contributed by atoms with E-state index in [2.05, 4.69) is 5.32 Å². The fraction of sp³-hybridized carbons (Fsp3) is 0.778. The van der Waals surface area contributed by atoms with E-state index in [1.54, 1.807) is 0 Å². The second kappa shape index (κ2) is 8.57. The first-order valence-corrected chi connectivity index (χ1v) is 4.59. The van der Waals surface area contributed by atoms with Gasteiger partial charge in [-0.05, 0) is 0 Å². The summed E-state index contributed by atoms with van der Waals surface area (Å²) >= 11 is 0. The summed E-state index contributed by atoms with van der Waals surface area (Å²) in [6.45, 7) is 2.70. The Morgan fingerprint density at radius 1 is 1.38 bits per heavy atom. The van der Waals surface area contributed by atoms with Crippen LogP contribution in [0.5, 0.6) is 0 Å². The molecule has 4 N–H and O–H groups in total. The van der Waals surface area contributed by atoms with Crippen LogP contribution in [0.15, 0.2) is 0 Å². The molecule has 0 aromatic rings. The van der Waals surface area contributed by atoms with E-state index in [1.165, 1.54) is 13.8 Å². The molecule has 0 radical (unpaired) electrons. The van der Waals surface area contributed by atoms with Gasteiger partial charge in [-0.3, -0.25) is 9.59 Å². The van der Waals surface area contributed by atoms with Crippen LogP contribution in [0.1, 0.15) is 20.3 Å². The Kier molecular flexibility index (Phi) is 10.1. The van der Waals surface area contributed by atoms with Crippen molar-refractivity contribution in [3.8, 4) is 0 Å². The number of carboxylic acid groups (broad SMARTS) is 1. The quantitative estimate of drug-likeness (QED) is 0.426. The molecule has 0 fully saturated rings. The number of amides is 1. The molecule has 0 aromatic carbocycles. The van der Waals surface area contributed by atoms with Crippen molar-refractivity contribution in [1.29, 1.82) is 0 Å². The summed E-state index contributed by atoms with van der Waals surface area (Å²) in [5, 5.41) is 29.0. The zero-order valence-electron chi connectivity index (χ0n) is 8.86. The summed E-state index contributed by atoms with van der Waals surface area (Å²) < 4.78 is 0. The predicted octanol–water partition coefficient (Wildman–Crippen LogP) is -1.69. The van der Waals surface area contributed by atoms with E-state index in [4.69, 9.17) is 10.2 Å². The number of carboxylic acids is 1. The van der Waals surface area contributed by atoms with E-state index >= 15 is 0 Å². The Labute approximate surface area is 137 Å². The molecule has 0 saturated carbocycles. The standard InChI is InChI=1S/C9H17NO5.K.H/c1-9(2,5-11)7(14)8(15)10-4-3-6(12)13;;/h7,11,14H,3-5H2,1-2H3,(H,10,15)(H,12,13);;/t7-;;/m1../s1. The van der Waals surface area contributed by atoms with Crippen LogP contribution >= 0.6 is 0 Å². The first-order valence-electron chi connectivity index (χ1n) is 4.59. The number of carbonyl (C=O) groups excluding carboxylic acids is 1. The zero-order valence-corrected chi connectivity index (χ0v) is 8.86. The number of carbonyl (C=O) groups is 2. The SMILES string of the molecule is CC(C)(CO)[C@H](O)C(=O)NCCC(=O)O.[KH]. The van der Waals surface area contributed by atoms with Gasteiger partial charge in [0.15, 0.2) is 0 Å². The number of rotatable bonds is 6. The molecular weight excluding hydrogens is 241 g/mol. The molecule has 1 amide bonds. The fourth-order valence-corrected chi connectivity index (χ4v) is 0.831. The third-order valence-corrected chi connectivity index (χ3v) is 2.03. The van der Waals surface area contributed by atoms with Crippen LogP contribution in [0.25, 0.3) is 0 Å². The van der Waals surface area contributed by atoms with Crippen molar-refractivity contribution in [2.45, 2.75) is 26.4 Å². The van der Waals surface area contributed by atoms with Crippen LogP contribution < -0.4 is 5.32 Å². The average molecular weight is 259 g/mol. The van der Waals surface area contributed by atoms with Crippen LogP contribution in [0.4, 0.5) is 0 Å². The molecule has 0 saturated heterocycles. The Morgan fingerprint density at radius 2 is 1.88 bits per heavy atom. The Morgan fingerprint density at radius 3 is 2.25 bits per heavy atom. The third-order valence-electron chi connectivity index (χ3n) is 2.03. The molecule has 0 rings (SSSR count). The first-order chi connectivity index (χ1) is 6.81. The molecule has 0 spiro atoms. The van der Waals surface area contributed by atoms with Crippen LogP contribution in [0.2, 0.25) is 0 Å². The average Bonchev–Trinajstić information content (AvgIpc) is 2.15. The summed E-state index contributed by atoms with van der Waals surface area (Å²) in [6, 6.07) is 0. The molecule has 0 aliphatic heterocycles. The molecule has 0 heterocycles. The van der Waals surface area contributed by atoms with E-state index in [-0.39, 0.29) is 71.0 Å².